The van der Waals surface area contributed by atoms with Crippen molar-refractivity contribution in [3.8, 4) is 0 Å². The fraction of sp³-hybridized carbons (Fsp3) is 0.125. The standard InChI is InChI=1S/C16H16N4O/c17-16(19-21)13-4-5-15-12(11-13)6-9-20(15)10-7-14-3-1-2-8-18-14/h1-6,8-9,11,21H,7,10H2,(H2,17,19). The quantitative estimate of drug-likeness (QED) is 0.333. The van der Waals surface area contributed by atoms with Crippen molar-refractivity contribution in [3.63, 3.8) is 0 Å². The Morgan fingerprint density at radius 1 is 1.24 bits per heavy atom. The summed E-state index contributed by atoms with van der Waals surface area (Å²) >= 11 is 0. The Hall–Kier alpha value is -2.82. The SMILES string of the molecule is N/C(=N/O)c1ccc2c(ccn2CCc2ccccn2)c1. The first-order valence-corrected chi connectivity index (χ1v) is 6.74. The van der Waals surface area contributed by atoms with Gasteiger partial charge in [-0.3, -0.25) is 4.98 Å². The first-order chi connectivity index (χ1) is 10.3. The van der Waals surface area contributed by atoms with Gasteiger partial charge in [0.05, 0.1) is 0 Å². The first kappa shape index (κ1) is 13.2. The molecule has 5 nitrogen and oxygen atoms in total. The Balaban J connectivity index is 1.84. The average molecular weight is 280 g/mol. The van der Waals surface area contributed by atoms with Crippen LogP contribution in [0.4, 0.5) is 0 Å². The Labute approximate surface area is 122 Å². The number of amidine groups is 1. The lowest BCUT2D eigenvalue weighted by atomic mass is 10.1. The van der Waals surface area contributed by atoms with Crippen molar-refractivity contribution in [1.29, 1.82) is 0 Å². The van der Waals surface area contributed by atoms with Gasteiger partial charge >= 0.3 is 0 Å². The Morgan fingerprint density at radius 3 is 2.90 bits per heavy atom. The monoisotopic (exact) mass is 280 g/mol. The molecule has 21 heavy (non-hydrogen) atoms. The molecular formula is C16H16N4O. The molecule has 5 heteroatoms. The Bertz CT molecular complexity index is 777. The molecule has 0 aliphatic rings. The molecule has 0 aliphatic carbocycles. The molecule has 2 aromatic heterocycles. The van der Waals surface area contributed by atoms with Crippen molar-refractivity contribution in [3.05, 3.63) is 66.1 Å². The molecule has 0 saturated heterocycles. The van der Waals surface area contributed by atoms with Gasteiger partial charge in [0.1, 0.15) is 0 Å². The van der Waals surface area contributed by atoms with Crippen molar-refractivity contribution >= 4 is 16.7 Å². The van der Waals surface area contributed by atoms with Crippen LogP contribution in [0.3, 0.4) is 0 Å². The van der Waals surface area contributed by atoms with Crippen molar-refractivity contribution in [2.24, 2.45) is 10.9 Å². The maximum absolute atomic E-state index is 8.73. The predicted octanol–water partition coefficient (Wildman–Crippen LogP) is 2.37. The number of aryl methyl sites for hydroxylation is 2. The minimum absolute atomic E-state index is 0.123. The van der Waals surface area contributed by atoms with E-state index in [0.717, 1.165) is 29.6 Å². The lowest BCUT2D eigenvalue weighted by molar-refractivity contribution is 0.318. The largest absolute Gasteiger partial charge is 0.409 e. The van der Waals surface area contributed by atoms with Gasteiger partial charge in [0.15, 0.2) is 5.84 Å². The first-order valence-electron chi connectivity index (χ1n) is 6.74. The molecule has 0 aliphatic heterocycles. The molecule has 3 rings (SSSR count). The average Bonchev–Trinajstić information content (AvgIpc) is 2.95. The summed E-state index contributed by atoms with van der Waals surface area (Å²) in [7, 11) is 0. The van der Waals surface area contributed by atoms with Crippen LogP contribution in [-0.4, -0.2) is 20.6 Å². The number of aromatic nitrogens is 2. The van der Waals surface area contributed by atoms with Gasteiger partial charge in [-0.25, -0.2) is 0 Å². The number of fused-ring (bicyclic) bond motifs is 1. The predicted molar refractivity (Wildman–Crippen MR) is 82.4 cm³/mol. The summed E-state index contributed by atoms with van der Waals surface area (Å²) in [6, 6.07) is 13.7. The third-order valence-corrected chi connectivity index (χ3v) is 3.51. The molecule has 106 valence electrons. The maximum Gasteiger partial charge on any atom is 0.170 e. The van der Waals surface area contributed by atoms with Crippen molar-refractivity contribution in [2.75, 3.05) is 0 Å². The summed E-state index contributed by atoms with van der Waals surface area (Å²) in [6.07, 6.45) is 4.74. The smallest absolute Gasteiger partial charge is 0.170 e. The van der Waals surface area contributed by atoms with Crippen LogP contribution in [0, 0.1) is 0 Å². The van der Waals surface area contributed by atoms with Gasteiger partial charge in [-0.2, -0.15) is 0 Å². The molecule has 0 spiro atoms. The van der Waals surface area contributed by atoms with Gasteiger partial charge in [-0.1, -0.05) is 11.2 Å². The van der Waals surface area contributed by atoms with E-state index < -0.39 is 0 Å². The second-order valence-corrected chi connectivity index (χ2v) is 4.84. The number of pyridine rings is 1. The van der Waals surface area contributed by atoms with E-state index in [1.165, 1.54) is 0 Å². The number of nitrogens with zero attached hydrogens (tertiary/aromatic N) is 3. The normalized spacial score (nSPS) is 11.9. The zero-order valence-electron chi connectivity index (χ0n) is 11.5. The van der Waals surface area contributed by atoms with E-state index in [1.54, 1.807) is 0 Å². The molecule has 3 N–H and O–H groups in total. The molecule has 3 aromatic rings. The van der Waals surface area contributed by atoms with Crippen molar-refractivity contribution < 1.29 is 5.21 Å². The lowest BCUT2D eigenvalue weighted by Gasteiger charge is -2.06. The van der Waals surface area contributed by atoms with Gasteiger partial charge in [-0.05, 0) is 36.4 Å². The molecule has 0 bridgehead atoms. The van der Waals surface area contributed by atoms with E-state index in [4.69, 9.17) is 10.9 Å². The number of rotatable bonds is 4. The molecule has 0 radical (unpaired) electrons. The highest BCUT2D eigenvalue weighted by Crippen LogP contribution is 2.18. The Morgan fingerprint density at radius 2 is 2.14 bits per heavy atom. The highest BCUT2D eigenvalue weighted by molar-refractivity contribution is 6.00. The van der Waals surface area contributed by atoms with E-state index >= 15 is 0 Å². The van der Waals surface area contributed by atoms with Crippen LogP contribution in [0.5, 0.6) is 0 Å². The molecule has 0 amide bonds. The summed E-state index contributed by atoms with van der Waals surface area (Å²) in [4.78, 5) is 4.33. The van der Waals surface area contributed by atoms with Gasteiger partial charge in [0, 0.05) is 47.5 Å². The van der Waals surface area contributed by atoms with Crippen LogP contribution in [0.15, 0.2) is 60.0 Å². The van der Waals surface area contributed by atoms with Gasteiger partial charge in [-0.15, -0.1) is 0 Å². The maximum atomic E-state index is 8.73. The fourth-order valence-corrected chi connectivity index (χ4v) is 2.39. The lowest BCUT2D eigenvalue weighted by Crippen LogP contribution is -2.12. The second-order valence-electron chi connectivity index (χ2n) is 4.84. The molecule has 0 fully saturated rings. The third-order valence-electron chi connectivity index (χ3n) is 3.51. The second kappa shape index (κ2) is 5.66. The third kappa shape index (κ3) is 2.72. The van der Waals surface area contributed by atoms with E-state index in [9.17, 15) is 0 Å². The van der Waals surface area contributed by atoms with E-state index in [0.29, 0.717) is 5.56 Å². The molecular weight excluding hydrogens is 264 g/mol. The minimum Gasteiger partial charge on any atom is -0.409 e. The molecule has 0 unspecified atom stereocenters. The number of hydrogen-bond donors (Lipinski definition) is 2. The minimum atomic E-state index is 0.123. The number of benzene rings is 1. The topological polar surface area (TPSA) is 76.4 Å². The summed E-state index contributed by atoms with van der Waals surface area (Å²) < 4.78 is 2.18. The zero-order chi connectivity index (χ0) is 14.7. The zero-order valence-corrected chi connectivity index (χ0v) is 11.5. The van der Waals surface area contributed by atoms with Crippen LogP contribution in [-0.2, 0) is 13.0 Å². The van der Waals surface area contributed by atoms with Gasteiger partial charge < -0.3 is 15.5 Å². The Kier molecular flexibility index (Phi) is 3.55. The fourth-order valence-electron chi connectivity index (χ4n) is 2.39. The van der Waals surface area contributed by atoms with E-state index in [-0.39, 0.29) is 5.84 Å². The molecule has 0 saturated carbocycles. The summed E-state index contributed by atoms with van der Waals surface area (Å²) in [5.41, 5.74) is 8.53. The number of hydrogen-bond acceptors (Lipinski definition) is 3. The van der Waals surface area contributed by atoms with Crippen LogP contribution >= 0.6 is 0 Å². The van der Waals surface area contributed by atoms with Gasteiger partial charge in [0.2, 0.25) is 0 Å². The summed E-state index contributed by atoms with van der Waals surface area (Å²) in [5, 5.41) is 12.8. The summed E-state index contributed by atoms with van der Waals surface area (Å²) in [5.74, 6) is 0.123. The van der Waals surface area contributed by atoms with Crippen molar-refractivity contribution in [1.82, 2.24) is 9.55 Å². The van der Waals surface area contributed by atoms with E-state index in [2.05, 4.69) is 14.7 Å². The van der Waals surface area contributed by atoms with Crippen LogP contribution in [0.1, 0.15) is 11.3 Å². The van der Waals surface area contributed by atoms with Crippen molar-refractivity contribution in [2.45, 2.75) is 13.0 Å². The number of nitrogens with two attached hydrogens (primary N) is 1. The molecule has 0 atom stereocenters. The highest BCUT2D eigenvalue weighted by Gasteiger charge is 2.05. The molecule has 2 heterocycles. The van der Waals surface area contributed by atoms with E-state index in [1.807, 2.05) is 54.9 Å². The molecule has 1 aromatic carbocycles. The number of oxime groups is 1. The highest BCUT2D eigenvalue weighted by atomic mass is 16.4. The summed E-state index contributed by atoms with van der Waals surface area (Å²) in [6.45, 7) is 0.865. The van der Waals surface area contributed by atoms with Crippen LogP contribution < -0.4 is 5.73 Å². The van der Waals surface area contributed by atoms with Crippen LogP contribution in [0.25, 0.3) is 10.9 Å². The van der Waals surface area contributed by atoms with Gasteiger partial charge in [0.25, 0.3) is 0 Å². The van der Waals surface area contributed by atoms with Crippen LogP contribution in [0.2, 0.25) is 0 Å².